The lowest BCUT2D eigenvalue weighted by Gasteiger charge is -2.21. The SMILES string of the molecule is c1ccc(P(c2ccccc2)c2cccc3ccc(-c4cccc5ccccc45)nc23)cc1. The van der Waals surface area contributed by atoms with Gasteiger partial charge >= 0.3 is 0 Å². The van der Waals surface area contributed by atoms with E-state index in [1.807, 2.05) is 0 Å². The third kappa shape index (κ3) is 3.71. The first-order valence-corrected chi connectivity index (χ1v) is 12.5. The van der Waals surface area contributed by atoms with E-state index in [0.717, 1.165) is 11.2 Å². The Kier molecular flexibility index (Phi) is 5.19. The summed E-state index contributed by atoms with van der Waals surface area (Å²) in [6.07, 6.45) is 0. The topological polar surface area (TPSA) is 12.9 Å². The average Bonchev–Trinajstić information content (AvgIpc) is 2.90. The lowest BCUT2D eigenvalue weighted by atomic mass is 10.0. The molecule has 0 aliphatic heterocycles. The van der Waals surface area contributed by atoms with Gasteiger partial charge in [-0.15, -0.1) is 0 Å². The summed E-state index contributed by atoms with van der Waals surface area (Å²) in [4.78, 5) is 5.28. The van der Waals surface area contributed by atoms with Crippen molar-refractivity contribution in [1.82, 2.24) is 4.98 Å². The number of para-hydroxylation sites is 1. The molecule has 0 radical (unpaired) electrons. The molecule has 1 heterocycles. The molecule has 0 bridgehead atoms. The van der Waals surface area contributed by atoms with Crippen LogP contribution >= 0.6 is 7.92 Å². The van der Waals surface area contributed by atoms with E-state index in [1.54, 1.807) is 0 Å². The van der Waals surface area contributed by atoms with Gasteiger partial charge in [0.1, 0.15) is 0 Å². The second-order valence-corrected chi connectivity index (χ2v) is 10.3. The summed E-state index contributed by atoms with van der Waals surface area (Å²) in [6.45, 7) is 0. The fourth-order valence-corrected chi connectivity index (χ4v) is 6.91. The maximum atomic E-state index is 5.28. The zero-order valence-electron chi connectivity index (χ0n) is 18.1. The van der Waals surface area contributed by atoms with Gasteiger partial charge in [0.15, 0.2) is 0 Å². The van der Waals surface area contributed by atoms with Crippen LogP contribution in [0.25, 0.3) is 32.9 Å². The van der Waals surface area contributed by atoms with Crippen LogP contribution in [0.5, 0.6) is 0 Å². The van der Waals surface area contributed by atoms with Crippen LogP contribution in [-0.2, 0) is 0 Å². The summed E-state index contributed by atoms with van der Waals surface area (Å²) in [5.74, 6) is 0. The number of hydrogen-bond donors (Lipinski definition) is 0. The van der Waals surface area contributed by atoms with Crippen molar-refractivity contribution < 1.29 is 0 Å². The van der Waals surface area contributed by atoms with Crippen molar-refractivity contribution in [3.63, 3.8) is 0 Å². The van der Waals surface area contributed by atoms with E-state index in [2.05, 4.69) is 133 Å². The predicted octanol–water partition coefficient (Wildman–Crippen LogP) is 6.81. The van der Waals surface area contributed by atoms with Gasteiger partial charge in [-0.1, -0.05) is 127 Å². The molecule has 156 valence electrons. The third-order valence-corrected chi connectivity index (χ3v) is 8.51. The van der Waals surface area contributed by atoms with Crippen molar-refractivity contribution in [2.75, 3.05) is 0 Å². The quantitative estimate of drug-likeness (QED) is 0.275. The highest BCUT2D eigenvalue weighted by atomic mass is 31.1. The number of rotatable bonds is 4. The predicted molar refractivity (Wildman–Crippen MR) is 143 cm³/mol. The number of hydrogen-bond acceptors (Lipinski definition) is 1. The van der Waals surface area contributed by atoms with Gasteiger partial charge < -0.3 is 0 Å². The summed E-state index contributed by atoms with van der Waals surface area (Å²) in [5.41, 5.74) is 3.28. The van der Waals surface area contributed by atoms with Crippen LogP contribution in [0.3, 0.4) is 0 Å². The van der Waals surface area contributed by atoms with Crippen molar-refractivity contribution in [3.8, 4) is 11.3 Å². The summed E-state index contributed by atoms with van der Waals surface area (Å²) < 4.78 is 0. The Labute approximate surface area is 195 Å². The van der Waals surface area contributed by atoms with Gasteiger partial charge in [0.2, 0.25) is 0 Å². The minimum atomic E-state index is -0.724. The monoisotopic (exact) mass is 439 g/mol. The van der Waals surface area contributed by atoms with Crippen LogP contribution < -0.4 is 15.9 Å². The minimum Gasteiger partial charge on any atom is -0.247 e. The molecule has 6 aromatic rings. The Morgan fingerprint density at radius 3 is 1.82 bits per heavy atom. The Bertz CT molecular complexity index is 1510. The van der Waals surface area contributed by atoms with E-state index in [1.165, 1.54) is 37.6 Å². The van der Waals surface area contributed by atoms with Gasteiger partial charge in [-0.05, 0) is 35.4 Å². The fourth-order valence-electron chi connectivity index (χ4n) is 4.49. The molecule has 0 atom stereocenters. The van der Waals surface area contributed by atoms with Crippen LogP contribution in [0.15, 0.2) is 133 Å². The molecule has 0 unspecified atom stereocenters. The molecule has 6 rings (SSSR count). The van der Waals surface area contributed by atoms with Gasteiger partial charge in [0.05, 0.1) is 11.2 Å². The van der Waals surface area contributed by atoms with E-state index in [4.69, 9.17) is 4.98 Å². The molecule has 0 spiro atoms. The maximum Gasteiger partial charge on any atom is 0.0792 e. The molecule has 0 amide bonds. The third-order valence-electron chi connectivity index (χ3n) is 6.03. The second-order valence-electron chi connectivity index (χ2n) is 8.08. The molecule has 33 heavy (non-hydrogen) atoms. The van der Waals surface area contributed by atoms with E-state index in [-0.39, 0.29) is 0 Å². The van der Waals surface area contributed by atoms with Crippen molar-refractivity contribution in [2.24, 2.45) is 0 Å². The standard InChI is InChI=1S/C31H22NP/c1-3-14-25(15-4-1)33(26-16-5-2-6-17-26)30-20-10-13-24-21-22-29(32-31(24)30)28-19-9-12-23-11-7-8-18-27(23)28/h1-22H. The van der Waals surface area contributed by atoms with Gasteiger partial charge in [-0.3, -0.25) is 0 Å². The second kappa shape index (κ2) is 8.62. The van der Waals surface area contributed by atoms with Crippen molar-refractivity contribution in [3.05, 3.63) is 133 Å². The van der Waals surface area contributed by atoms with E-state index in [9.17, 15) is 0 Å². The van der Waals surface area contributed by atoms with Gasteiger partial charge in [-0.25, -0.2) is 4.98 Å². The molecule has 0 saturated heterocycles. The van der Waals surface area contributed by atoms with Gasteiger partial charge in [0.25, 0.3) is 0 Å². The van der Waals surface area contributed by atoms with Crippen LogP contribution in [0.4, 0.5) is 0 Å². The molecule has 1 nitrogen and oxygen atoms in total. The Morgan fingerprint density at radius 1 is 0.455 bits per heavy atom. The van der Waals surface area contributed by atoms with Gasteiger partial charge in [-0.2, -0.15) is 0 Å². The maximum absolute atomic E-state index is 5.28. The number of aromatic nitrogens is 1. The normalized spacial score (nSPS) is 11.3. The van der Waals surface area contributed by atoms with Crippen LogP contribution in [-0.4, -0.2) is 4.98 Å². The molecule has 0 aliphatic rings. The van der Waals surface area contributed by atoms with Crippen molar-refractivity contribution in [2.45, 2.75) is 0 Å². The first kappa shape index (κ1) is 19.9. The van der Waals surface area contributed by atoms with Crippen LogP contribution in [0, 0.1) is 0 Å². The zero-order valence-corrected chi connectivity index (χ0v) is 19.0. The molecule has 0 fully saturated rings. The average molecular weight is 439 g/mol. The minimum absolute atomic E-state index is 0.724. The molecule has 0 N–H and O–H groups in total. The smallest absolute Gasteiger partial charge is 0.0792 e. The number of benzene rings is 5. The molecule has 5 aromatic carbocycles. The van der Waals surface area contributed by atoms with Gasteiger partial charge in [0, 0.05) is 16.3 Å². The molecule has 2 heteroatoms. The Balaban J connectivity index is 1.60. The Morgan fingerprint density at radius 2 is 1.06 bits per heavy atom. The van der Waals surface area contributed by atoms with Crippen LogP contribution in [0.2, 0.25) is 0 Å². The molecule has 0 aliphatic carbocycles. The molecular formula is C31H22NP. The lowest BCUT2D eigenvalue weighted by Crippen LogP contribution is -2.21. The lowest BCUT2D eigenvalue weighted by molar-refractivity contribution is 1.42. The van der Waals surface area contributed by atoms with Crippen molar-refractivity contribution >= 4 is 45.5 Å². The van der Waals surface area contributed by atoms with Crippen molar-refractivity contribution in [1.29, 1.82) is 0 Å². The Hall–Kier alpha value is -3.80. The highest BCUT2D eigenvalue weighted by Crippen LogP contribution is 2.36. The highest BCUT2D eigenvalue weighted by molar-refractivity contribution is 7.80. The molecule has 0 saturated carbocycles. The highest BCUT2D eigenvalue weighted by Gasteiger charge is 2.19. The molecule has 1 aromatic heterocycles. The first-order valence-electron chi connectivity index (χ1n) is 11.2. The largest absolute Gasteiger partial charge is 0.247 e. The van der Waals surface area contributed by atoms with E-state index >= 15 is 0 Å². The fraction of sp³-hybridized carbons (Fsp3) is 0. The van der Waals surface area contributed by atoms with Crippen LogP contribution in [0.1, 0.15) is 0 Å². The molecular weight excluding hydrogens is 417 g/mol. The van der Waals surface area contributed by atoms with E-state index in [0.29, 0.717) is 0 Å². The summed E-state index contributed by atoms with van der Waals surface area (Å²) in [7, 11) is -0.724. The summed E-state index contributed by atoms with van der Waals surface area (Å²) in [6, 6.07) is 47.6. The van der Waals surface area contributed by atoms with E-state index < -0.39 is 7.92 Å². The number of pyridine rings is 1. The zero-order chi connectivity index (χ0) is 22.0. The summed E-state index contributed by atoms with van der Waals surface area (Å²) in [5, 5.41) is 7.61. The number of nitrogens with zero attached hydrogens (tertiary/aromatic N) is 1. The summed E-state index contributed by atoms with van der Waals surface area (Å²) >= 11 is 0. The number of fused-ring (bicyclic) bond motifs is 2. The first-order chi connectivity index (χ1) is 16.4.